The molecular formula is C18H35Cl2N7. The normalized spacial score (nSPS) is 10.9. The van der Waals surface area contributed by atoms with Gasteiger partial charge in [0.15, 0.2) is 0 Å². The minimum absolute atomic E-state index is 0. The van der Waals surface area contributed by atoms with Crippen molar-refractivity contribution in [3.05, 3.63) is 53.3 Å². The fraction of sp³-hybridized carbons (Fsp3) is 0.500. The van der Waals surface area contributed by atoms with Gasteiger partial charge in [-0.15, -0.1) is 35.0 Å². The Morgan fingerprint density at radius 3 is 2.11 bits per heavy atom. The molecule has 1 aromatic carbocycles. The van der Waals surface area contributed by atoms with Crippen LogP contribution in [0.1, 0.15) is 16.8 Å². The van der Waals surface area contributed by atoms with Gasteiger partial charge in [0.05, 0.1) is 11.9 Å². The number of aromatic nitrogens is 3. The van der Waals surface area contributed by atoms with E-state index in [1.807, 2.05) is 6.20 Å². The van der Waals surface area contributed by atoms with Crippen molar-refractivity contribution in [3.8, 4) is 0 Å². The summed E-state index contributed by atoms with van der Waals surface area (Å²) >= 11 is 0. The van der Waals surface area contributed by atoms with E-state index >= 15 is 0 Å². The third kappa shape index (κ3) is 10.5. The molecule has 6 N–H and O–H groups in total. The molecule has 0 amide bonds. The molecule has 0 aliphatic carbocycles. The number of likely N-dealkylation sites (N-methyl/N-ethyl adjacent to an activating group) is 2. The summed E-state index contributed by atoms with van der Waals surface area (Å²) in [6.07, 6.45) is 4.71. The SMILES string of the molecule is CN(C)CCc1cnnnc1CC(Cc1ccccc1)N(C)C.Cl.Cl.N.N. The average molecular weight is 420 g/mol. The third-order valence-corrected chi connectivity index (χ3v) is 4.10. The van der Waals surface area contributed by atoms with Crippen molar-refractivity contribution in [2.75, 3.05) is 34.7 Å². The molecule has 0 saturated heterocycles. The number of rotatable bonds is 8. The maximum Gasteiger partial charge on any atom is 0.0712 e. The molecule has 0 bridgehead atoms. The Hall–Kier alpha value is -1.35. The maximum absolute atomic E-state index is 4.31. The zero-order valence-corrected chi connectivity index (χ0v) is 18.5. The fourth-order valence-electron chi connectivity index (χ4n) is 2.59. The summed E-state index contributed by atoms with van der Waals surface area (Å²) in [5, 5.41) is 12.1. The number of nitrogens with zero attached hydrogens (tertiary/aromatic N) is 5. The van der Waals surface area contributed by atoms with Gasteiger partial charge in [0.25, 0.3) is 0 Å². The second-order valence-electron chi connectivity index (χ2n) is 6.47. The Morgan fingerprint density at radius 2 is 1.56 bits per heavy atom. The van der Waals surface area contributed by atoms with Crippen molar-refractivity contribution in [3.63, 3.8) is 0 Å². The largest absolute Gasteiger partial charge is 0.344 e. The van der Waals surface area contributed by atoms with Crippen LogP contribution in [0.3, 0.4) is 0 Å². The second kappa shape index (κ2) is 15.7. The van der Waals surface area contributed by atoms with Gasteiger partial charge in [0, 0.05) is 19.0 Å². The van der Waals surface area contributed by atoms with E-state index < -0.39 is 0 Å². The van der Waals surface area contributed by atoms with Crippen molar-refractivity contribution in [1.82, 2.24) is 37.5 Å². The van der Waals surface area contributed by atoms with Crippen LogP contribution in [-0.4, -0.2) is 66.0 Å². The average Bonchev–Trinajstić information content (AvgIpc) is 2.54. The van der Waals surface area contributed by atoms with Crippen molar-refractivity contribution >= 4 is 24.8 Å². The number of hydrogen-bond donors (Lipinski definition) is 2. The van der Waals surface area contributed by atoms with Crippen LogP contribution in [0.4, 0.5) is 0 Å². The Kier molecular flexibility index (Phi) is 17.6. The lowest BCUT2D eigenvalue weighted by Crippen LogP contribution is -2.33. The van der Waals surface area contributed by atoms with E-state index in [1.165, 1.54) is 11.1 Å². The highest BCUT2D eigenvalue weighted by atomic mass is 35.5. The Bertz CT molecular complexity index is 597. The van der Waals surface area contributed by atoms with E-state index in [2.05, 4.69) is 83.7 Å². The van der Waals surface area contributed by atoms with Crippen LogP contribution in [0.2, 0.25) is 0 Å². The first-order chi connectivity index (χ1) is 11.1. The van der Waals surface area contributed by atoms with E-state index in [9.17, 15) is 0 Å². The van der Waals surface area contributed by atoms with Gasteiger partial charge in [-0.2, -0.15) is 0 Å². The Balaban J connectivity index is -0.00000144. The van der Waals surface area contributed by atoms with E-state index in [0.717, 1.165) is 31.5 Å². The first-order valence-corrected chi connectivity index (χ1v) is 8.07. The minimum atomic E-state index is 0. The van der Waals surface area contributed by atoms with Gasteiger partial charge in [-0.05, 0) is 57.4 Å². The molecule has 0 fully saturated rings. The quantitative estimate of drug-likeness (QED) is 0.675. The van der Waals surface area contributed by atoms with Crippen LogP contribution in [0.5, 0.6) is 0 Å². The third-order valence-electron chi connectivity index (χ3n) is 4.10. The summed E-state index contributed by atoms with van der Waals surface area (Å²) in [6, 6.07) is 11.0. The van der Waals surface area contributed by atoms with E-state index in [-0.39, 0.29) is 37.1 Å². The first-order valence-electron chi connectivity index (χ1n) is 8.07. The first kappa shape index (κ1) is 30.4. The molecule has 27 heavy (non-hydrogen) atoms. The smallest absolute Gasteiger partial charge is 0.0712 e. The van der Waals surface area contributed by atoms with Gasteiger partial charge < -0.3 is 22.1 Å². The van der Waals surface area contributed by atoms with Crippen LogP contribution in [0, 0.1) is 0 Å². The van der Waals surface area contributed by atoms with E-state index in [1.54, 1.807) is 0 Å². The van der Waals surface area contributed by atoms with Crippen molar-refractivity contribution in [2.24, 2.45) is 0 Å². The predicted octanol–water partition coefficient (Wildman–Crippen LogP) is 2.86. The lowest BCUT2D eigenvalue weighted by molar-refractivity contribution is 0.286. The minimum Gasteiger partial charge on any atom is -0.344 e. The monoisotopic (exact) mass is 419 g/mol. The van der Waals surface area contributed by atoms with Crippen molar-refractivity contribution in [1.29, 1.82) is 0 Å². The molecular weight excluding hydrogens is 385 g/mol. The molecule has 0 radical (unpaired) electrons. The standard InChI is InChI=1S/C18H27N5.2ClH.2H3N/c1-22(2)11-10-16-14-19-21-20-18(16)13-17(23(3)4)12-15-8-6-5-7-9-15;;;;/h5-9,14,17H,10-13H2,1-4H3;2*1H;2*1H3. The van der Waals surface area contributed by atoms with Crippen LogP contribution in [0.25, 0.3) is 0 Å². The van der Waals surface area contributed by atoms with E-state index in [4.69, 9.17) is 0 Å². The molecule has 0 saturated carbocycles. The summed E-state index contributed by atoms with van der Waals surface area (Å²) in [7, 11) is 8.42. The lowest BCUT2D eigenvalue weighted by atomic mass is 9.98. The molecule has 9 heteroatoms. The zero-order valence-electron chi connectivity index (χ0n) is 16.8. The van der Waals surface area contributed by atoms with Crippen molar-refractivity contribution < 1.29 is 0 Å². The van der Waals surface area contributed by atoms with Gasteiger partial charge >= 0.3 is 0 Å². The molecule has 7 nitrogen and oxygen atoms in total. The molecule has 0 spiro atoms. The zero-order chi connectivity index (χ0) is 16.7. The van der Waals surface area contributed by atoms with Gasteiger partial charge in [-0.1, -0.05) is 30.3 Å². The molecule has 0 aliphatic rings. The van der Waals surface area contributed by atoms with E-state index in [0.29, 0.717) is 6.04 Å². The second-order valence-corrected chi connectivity index (χ2v) is 6.47. The highest BCUT2D eigenvalue weighted by Crippen LogP contribution is 2.14. The summed E-state index contributed by atoms with van der Waals surface area (Å²) in [4.78, 5) is 4.45. The molecule has 0 aliphatic heterocycles. The van der Waals surface area contributed by atoms with Gasteiger partial charge in [-0.3, -0.25) is 0 Å². The number of hydrogen-bond acceptors (Lipinski definition) is 7. The highest BCUT2D eigenvalue weighted by Gasteiger charge is 2.17. The van der Waals surface area contributed by atoms with Gasteiger partial charge in [-0.25, -0.2) is 0 Å². The van der Waals surface area contributed by atoms with Crippen LogP contribution in [-0.2, 0) is 19.3 Å². The fourth-order valence-corrected chi connectivity index (χ4v) is 2.59. The number of benzene rings is 1. The van der Waals surface area contributed by atoms with Gasteiger partial charge in [0.1, 0.15) is 0 Å². The summed E-state index contributed by atoms with van der Waals surface area (Å²) in [6.45, 7) is 0.992. The molecule has 1 atom stereocenters. The topological polar surface area (TPSA) is 115 Å². The van der Waals surface area contributed by atoms with Crippen LogP contribution >= 0.6 is 24.8 Å². The maximum atomic E-state index is 4.31. The van der Waals surface area contributed by atoms with Crippen LogP contribution in [0.15, 0.2) is 36.5 Å². The highest BCUT2D eigenvalue weighted by molar-refractivity contribution is 5.85. The van der Waals surface area contributed by atoms with Crippen molar-refractivity contribution in [2.45, 2.75) is 25.3 Å². The summed E-state index contributed by atoms with van der Waals surface area (Å²) < 4.78 is 0. The predicted molar refractivity (Wildman–Crippen MR) is 118 cm³/mol. The van der Waals surface area contributed by atoms with Crippen LogP contribution < -0.4 is 12.3 Å². The molecule has 1 unspecified atom stereocenters. The molecule has 2 rings (SSSR count). The molecule has 2 aromatic rings. The molecule has 1 heterocycles. The Labute approximate surface area is 175 Å². The lowest BCUT2D eigenvalue weighted by Gasteiger charge is -2.25. The molecule has 156 valence electrons. The Morgan fingerprint density at radius 1 is 0.926 bits per heavy atom. The summed E-state index contributed by atoms with van der Waals surface area (Å²) in [5.74, 6) is 0. The molecule has 1 aromatic heterocycles. The number of halogens is 2. The van der Waals surface area contributed by atoms with Gasteiger partial charge in [0.2, 0.25) is 0 Å². The summed E-state index contributed by atoms with van der Waals surface area (Å²) in [5.41, 5.74) is 3.62.